The van der Waals surface area contributed by atoms with Gasteiger partial charge in [-0.2, -0.15) is 5.26 Å². The number of esters is 1. The molecule has 124 valence electrons. The quantitative estimate of drug-likeness (QED) is 0.707. The average Bonchev–Trinajstić information content (AvgIpc) is 2.53. The fourth-order valence-electron chi connectivity index (χ4n) is 4.12. The second-order valence-corrected chi connectivity index (χ2v) is 7.86. The lowest BCUT2D eigenvalue weighted by molar-refractivity contribution is -0.154. The molecule has 3 nitrogen and oxygen atoms in total. The van der Waals surface area contributed by atoms with Gasteiger partial charge in [-0.05, 0) is 56.3 Å². The van der Waals surface area contributed by atoms with Gasteiger partial charge in [0.15, 0.2) is 6.10 Å². The van der Waals surface area contributed by atoms with Crippen molar-refractivity contribution in [2.24, 2.45) is 29.6 Å². The molecule has 2 aliphatic rings. The fourth-order valence-corrected chi connectivity index (χ4v) is 4.12. The Kier molecular flexibility index (Phi) is 6.29. The van der Waals surface area contributed by atoms with E-state index in [1.165, 1.54) is 25.7 Å². The van der Waals surface area contributed by atoms with Crippen molar-refractivity contribution < 1.29 is 9.53 Å². The summed E-state index contributed by atoms with van der Waals surface area (Å²) < 4.78 is 5.40. The Morgan fingerprint density at radius 1 is 1.00 bits per heavy atom. The molecular weight excluding hydrogens is 274 g/mol. The Balaban J connectivity index is 1.77. The summed E-state index contributed by atoms with van der Waals surface area (Å²) in [6.07, 6.45) is 9.16. The molecule has 0 spiro atoms. The second-order valence-electron chi connectivity index (χ2n) is 7.86. The lowest BCUT2D eigenvalue weighted by atomic mass is 9.69. The molecule has 0 aliphatic heterocycles. The van der Waals surface area contributed by atoms with Crippen LogP contribution in [0.4, 0.5) is 0 Å². The fraction of sp³-hybridized carbons (Fsp3) is 0.895. The standard InChI is InChI=1S/C19H31NO2/c1-13(2)18(12-20)22-19(21)17-10-8-16(9-11-17)15-6-4-14(3)5-7-15/h13-18H,4-11H2,1-3H3. The van der Waals surface area contributed by atoms with Crippen LogP contribution in [-0.4, -0.2) is 12.1 Å². The van der Waals surface area contributed by atoms with Gasteiger partial charge in [0.25, 0.3) is 0 Å². The number of ether oxygens (including phenoxy) is 1. The van der Waals surface area contributed by atoms with E-state index >= 15 is 0 Å². The zero-order chi connectivity index (χ0) is 16.1. The van der Waals surface area contributed by atoms with Gasteiger partial charge in [-0.3, -0.25) is 4.79 Å². The molecule has 2 fully saturated rings. The highest BCUT2D eigenvalue weighted by atomic mass is 16.5. The van der Waals surface area contributed by atoms with Crippen molar-refractivity contribution in [2.45, 2.75) is 78.2 Å². The van der Waals surface area contributed by atoms with Crippen LogP contribution in [0.15, 0.2) is 0 Å². The van der Waals surface area contributed by atoms with Gasteiger partial charge in [0.05, 0.1) is 5.92 Å². The largest absolute Gasteiger partial charge is 0.446 e. The summed E-state index contributed by atoms with van der Waals surface area (Å²) in [5.41, 5.74) is 0. The van der Waals surface area contributed by atoms with Gasteiger partial charge < -0.3 is 4.74 Å². The highest BCUT2D eigenvalue weighted by Gasteiger charge is 2.33. The third-order valence-electron chi connectivity index (χ3n) is 5.81. The lowest BCUT2D eigenvalue weighted by Gasteiger charge is -2.36. The predicted molar refractivity (Wildman–Crippen MR) is 86.9 cm³/mol. The zero-order valence-electron chi connectivity index (χ0n) is 14.4. The maximum absolute atomic E-state index is 12.2. The Morgan fingerprint density at radius 2 is 1.50 bits per heavy atom. The molecule has 22 heavy (non-hydrogen) atoms. The Bertz CT molecular complexity index is 396. The van der Waals surface area contributed by atoms with Crippen LogP contribution >= 0.6 is 0 Å². The van der Waals surface area contributed by atoms with Crippen LogP contribution in [0.25, 0.3) is 0 Å². The molecule has 0 aromatic rings. The summed E-state index contributed by atoms with van der Waals surface area (Å²) in [6, 6.07) is 2.09. The smallest absolute Gasteiger partial charge is 0.310 e. The summed E-state index contributed by atoms with van der Waals surface area (Å²) in [4.78, 5) is 12.2. The summed E-state index contributed by atoms with van der Waals surface area (Å²) >= 11 is 0. The van der Waals surface area contributed by atoms with Gasteiger partial charge >= 0.3 is 5.97 Å². The van der Waals surface area contributed by atoms with Crippen molar-refractivity contribution in [1.82, 2.24) is 0 Å². The molecule has 0 amide bonds. The first-order valence-electron chi connectivity index (χ1n) is 9.11. The van der Waals surface area contributed by atoms with Crippen LogP contribution in [0.1, 0.15) is 72.1 Å². The third kappa shape index (κ3) is 4.48. The summed E-state index contributed by atoms with van der Waals surface area (Å²) in [7, 11) is 0. The van der Waals surface area contributed by atoms with Crippen molar-refractivity contribution in [3.63, 3.8) is 0 Å². The van der Waals surface area contributed by atoms with Crippen molar-refractivity contribution >= 4 is 5.97 Å². The molecular formula is C19H31NO2. The minimum Gasteiger partial charge on any atom is -0.446 e. The van der Waals surface area contributed by atoms with Crippen molar-refractivity contribution in [2.75, 3.05) is 0 Å². The van der Waals surface area contributed by atoms with Gasteiger partial charge in [0, 0.05) is 5.92 Å². The lowest BCUT2D eigenvalue weighted by Crippen LogP contribution is -2.31. The first-order chi connectivity index (χ1) is 10.5. The maximum atomic E-state index is 12.2. The first-order valence-corrected chi connectivity index (χ1v) is 9.11. The molecule has 0 aromatic carbocycles. The van der Waals surface area contributed by atoms with Gasteiger partial charge in [0.2, 0.25) is 0 Å². The monoisotopic (exact) mass is 305 g/mol. The molecule has 0 saturated heterocycles. The molecule has 2 aliphatic carbocycles. The van der Waals surface area contributed by atoms with E-state index in [4.69, 9.17) is 10.00 Å². The maximum Gasteiger partial charge on any atom is 0.310 e. The zero-order valence-corrected chi connectivity index (χ0v) is 14.4. The van der Waals surface area contributed by atoms with Crippen LogP contribution in [-0.2, 0) is 9.53 Å². The molecule has 0 bridgehead atoms. The summed E-state index contributed by atoms with van der Waals surface area (Å²) in [5, 5.41) is 9.05. The van der Waals surface area contributed by atoms with E-state index in [-0.39, 0.29) is 17.8 Å². The molecule has 0 radical (unpaired) electrons. The van der Waals surface area contributed by atoms with E-state index in [1.807, 2.05) is 13.8 Å². The predicted octanol–water partition coefficient (Wildman–Crippen LogP) is 4.71. The molecule has 0 aromatic heterocycles. The third-order valence-corrected chi connectivity index (χ3v) is 5.81. The van der Waals surface area contributed by atoms with Crippen LogP contribution < -0.4 is 0 Å². The highest BCUT2D eigenvalue weighted by molar-refractivity contribution is 5.73. The minimum absolute atomic E-state index is 0.0216. The minimum atomic E-state index is -0.593. The van der Waals surface area contributed by atoms with Crippen molar-refractivity contribution in [3.8, 4) is 6.07 Å². The molecule has 0 heterocycles. The van der Waals surface area contributed by atoms with Crippen LogP contribution in [0.5, 0.6) is 0 Å². The van der Waals surface area contributed by atoms with E-state index < -0.39 is 6.10 Å². The topological polar surface area (TPSA) is 50.1 Å². The average molecular weight is 305 g/mol. The van der Waals surface area contributed by atoms with Crippen LogP contribution in [0.2, 0.25) is 0 Å². The van der Waals surface area contributed by atoms with Gasteiger partial charge in [-0.1, -0.05) is 33.6 Å². The van der Waals surface area contributed by atoms with Crippen molar-refractivity contribution in [3.05, 3.63) is 0 Å². The molecule has 1 atom stereocenters. The normalized spacial score (nSPS) is 34.0. The Hall–Kier alpha value is -1.04. The summed E-state index contributed by atoms with van der Waals surface area (Å²) in [5.74, 6) is 2.55. The number of carbonyl (C=O) groups is 1. The molecule has 0 N–H and O–H groups in total. The van der Waals surface area contributed by atoms with Gasteiger partial charge in [-0.25, -0.2) is 0 Å². The van der Waals surface area contributed by atoms with Crippen LogP contribution in [0, 0.1) is 40.9 Å². The van der Waals surface area contributed by atoms with Crippen molar-refractivity contribution in [1.29, 1.82) is 5.26 Å². The molecule has 1 unspecified atom stereocenters. The second kappa shape index (κ2) is 7.99. The van der Waals surface area contributed by atoms with E-state index in [0.29, 0.717) is 0 Å². The van der Waals surface area contributed by atoms with Gasteiger partial charge in [0.1, 0.15) is 6.07 Å². The molecule has 3 heteroatoms. The molecule has 2 saturated carbocycles. The van der Waals surface area contributed by atoms with E-state index in [0.717, 1.165) is 43.4 Å². The highest BCUT2D eigenvalue weighted by Crippen LogP contribution is 2.41. The number of hydrogen-bond donors (Lipinski definition) is 0. The van der Waals surface area contributed by atoms with Crippen LogP contribution in [0.3, 0.4) is 0 Å². The number of nitrogens with zero attached hydrogens (tertiary/aromatic N) is 1. The Labute approximate surface area is 135 Å². The number of carbonyl (C=O) groups excluding carboxylic acids is 1. The Morgan fingerprint density at radius 3 is 1.95 bits per heavy atom. The van der Waals surface area contributed by atoms with E-state index in [2.05, 4.69) is 13.0 Å². The van der Waals surface area contributed by atoms with Gasteiger partial charge in [-0.15, -0.1) is 0 Å². The number of hydrogen-bond acceptors (Lipinski definition) is 3. The van der Waals surface area contributed by atoms with E-state index in [1.54, 1.807) is 0 Å². The van der Waals surface area contributed by atoms with E-state index in [9.17, 15) is 4.79 Å². The first kappa shape index (κ1) is 17.3. The summed E-state index contributed by atoms with van der Waals surface area (Å²) in [6.45, 7) is 6.20. The number of rotatable bonds is 4. The SMILES string of the molecule is CC1CCC(C2CCC(C(=O)OC(C#N)C(C)C)CC2)CC1. The number of nitriles is 1. The molecule has 2 rings (SSSR count).